The first-order valence-corrected chi connectivity index (χ1v) is 9.66. The molecule has 27 heavy (non-hydrogen) atoms. The SMILES string of the molecule is CCOc1ccc(C(=O)c2cnc3ccc(Cl)cc3c2N2CCCC2)cc1. The number of carbonyl (C=O) groups is 1. The molecule has 0 saturated carbocycles. The van der Waals surface area contributed by atoms with Crippen LogP contribution in [0.2, 0.25) is 5.02 Å². The summed E-state index contributed by atoms with van der Waals surface area (Å²) in [5.74, 6) is 0.728. The fourth-order valence-electron chi connectivity index (χ4n) is 3.62. The second kappa shape index (κ2) is 7.57. The van der Waals surface area contributed by atoms with Crippen molar-refractivity contribution in [2.45, 2.75) is 19.8 Å². The van der Waals surface area contributed by atoms with Crippen molar-refractivity contribution in [2.24, 2.45) is 0 Å². The molecule has 0 spiro atoms. The molecule has 4 nitrogen and oxygen atoms in total. The lowest BCUT2D eigenvalue weighted by atomic mass is 10.00. The number of pyridine rings is 1. The number of carbonyl (C=O) groups excluding carboxylic acids is 1. The molecule has 5 heteroatoms. The van der Waals surface area contributed by atoms with Gasteiger partial charge in [-0.2, -0.15) is 0 Å². The number of ketones is 1. The molecule has 1 aliphatic rings. The molecule has 3 aromatic rings. The van der Waals surface area contributed by atoms with Gasteiger partial charge in [-0.15, -0.1) is 0 Å². The van der Waals surface area contributed by atoms with E-state index in [1.807, 2.05) is 49.4 Å². The van der Waals surface area contributed by atoms with Crippen molar-refractivity contribution >= 4 is 34.0 Å². The largest absolute Gasteiger partial charge is 0.494 e. The van der Waals surface area contributed by atoms with Crippen LogP contribution < -0.4 is 9.64 Å². The Morgan fingerprint density at radius 1 is 1.15 bits per heavy atom. The van der Waals surface area contributed by atoms with Gasteiger partial charge in [-0.1, -0.05) is 11.6 Å². The predicted octanol–water partition coefficient (Wildman–Crippen LogP) is 5.12. The maximum atomic E-state index is 13.3. The minimum absolute atomic E-state index is 0.0330. The summed E-state index contributed by atoms with van der Waals surface area (Å²) >= 11 is 6.25. The number of aromatic nitrogens is 1. The third-order valence-corrected chi connectivity index (χ3v) is 5.13. The molecular formula is C22H21ClN2O2. The van der Waals surface area contributed by atoms with Gasteiger partial charge in [-0.05, 0) is 62.2 Å². The van der Waals surface area contributed by atoms with Crippen molar-refractivity contribution in [3.63, 3.8) is 0 Å². The maximum absolute atomic E-state index is 13.3. The van der Waals surface area contributed by atoms with Gasteiger partial charge in [0.25, 0.3) is 0 Å². The van der Waals surface area contributed by atoms with Gasteiger partial charge < -0.3 is 9.64 Å². The first-order valence-electron chi connectivity index (χ1n) is 9.28. The highest BCUT2D eigenvalue weighted by Crippen LogP contribution is 2.35. The molecule has 0 bridgehead atoms. The van der Waals surface area contributed by atoms with Gasteiger partial charge in [0.2, 0.25) is 0 Å². The van der Waals surface area contributed by atoms with Crippen LogP contribution in [0.15, 0.2) is 48.7 Å². The molecule has 2 heterocycles. The van der Waals surface area contributed by atoms with Crippen molar-refractivity contribution in [3.8, 4) is 5.75 Å². The standard InChI is InChI=1S/C22H21ClN2O2/c1-2-27-17-8-5-15(6-9-17)22(26)19-14-24-20-10-7-16(23)13-18(20)21(19)25-11-3-4-12-25/h5-10,13-14H,2-4,11-12H2,1H3. The zero-order valence-electron chi connectivity index (χ0n) is 15.2. The van der Waals surface area contributed by atoms with E-state index >= 15 is 0 Å². The second-order valence-electron chi connectivity index (χ2n) is 6.66. The summed E-state index contributed by atoms with van der Waals surface area (Å²) < 4.78 is 5.48. The molecule has 2 aromatic carbocycles. The number of nitrogens with zero attached hydrogens (tertiary/aromatic N) is 2. The van der Waals surface area contributed by atoms with E-state index in [0.717, 1.165) is 48.3 Å². The van der Waals surface area contributed by atoms with Crippen molar-refractivity contribution < 1.29 is 9.53 Å². The average molecular weight is 381 g/mol. The third-order valence-electron chi connectivity index (χ3n) is 4.90. The van der Waals surface area contributed by atoms with E-state index in [4.69, 9.17) is 16.3 Å². The van der Waals surface area contributed by atoms with Crippen LogP contribution in [-0.4, -0.2) is 30.5 Å². The summed E-state index contributed by atoms with van der Waals surface area (Å²) in [7, 11) is 0. The normalized spacial score (nSPS) is 13.9. The molecule has 1 aromatic heterocycles. The van der Waals surface area contributed by atoms with E-state index in [0.29, 0.717) is 22.8 Å². The fraction of sp³-hybridized carbons (Fsp3) is 0.273. The summed E-state index contributed by atoms with van der Waals surface area (Å²) in [5, 5.41) is 1.58. The van der Waals surface area contributed by atoms with Crippen LogP contribution in [0.25, 0.3) is 10.9 Å². The van der Waals surface area contributed by atoms with Gasteiger partial charge in [0.15, 0.2) is 5.78 Å². The first kappa shape index (κ1) is 17.8. The molecule has 0 amide bonds. The van der Waals surface area contributed by atoms with E-state index in [-0.39, 0.29) is 5.78 Å². The number of anilines is 1. The van der Waals surface area contributed by atoms with Crippen LogP contribution in [0.5, 0.6) is 5.75 Å². The zero-order chi connectivity index (χ0) is 18.8. The molecule has 0 aliphatic carbocycles. The van der Waals surface area contributed by atoms with Crippen LogP contribution in [-0.2, 0) is 0 Å². The van der Waals surface area contributed by atoms with E-state index in [2.05, 4.69) is 9.88 Å². The van der Waals surface area contributed by atoms with Gasteiger partial charge in [0.1, 0.15) is 5.75 Å². The van der Waals surface area contributed by atoms with E-state index in [9.17, 15) is 4.79 Å². The van der Waals surface area contributed by atoms with Crippen molar-refractivity contribution in [3.05, 3.63) is 64.8 Å². The van der Waals surface area contributed by atoms with E-state index in [1.54, 1.807) is 6.20 Å². The second-order valence-corrected chi connectivity index (χ2v) is 7.10. The first-order chi connectivity index (χ1) is 13.2. The predicted molar refractivity (Wildman–Crippen MR) is 109 cm³/mol. The highest BCUT2D eigenvalue weighted by atomic mass is 35.5. The molecule has 1 fully saturated rings. The smallest absolute Gasteiger partial charge is 0.196 e. The lowest BCUT2D eigenvalue weighted by Crippen LogP contribution is -2.21. The van der Waals surface area contributed by atoms with Gasteiger partial charge in [-0.25, -0.2) is 0 Å². The number of hydrogen-bond donors (Lipinski definition) is 0. The monoisotopic (exact) mass is 380 g/mol. The van der Waals surface area contributed by atoms with Crippen LogP contribution in [0.1, 0.15) is 35.7 Å². The summed E-state index contributed by atoms with van der Waals surface area (Å²) in [4.78, 5) is 20.1. The number of benzene rings is 2. The Labute approximate surface area is 163 Å². The van der Waals surface area contributed by atoms with Gasteiger partial charge >= 0.3 is 0 Å². The van der Waals surface area contributed by atoms with Crippen molar-refractivity contribution in [1.29, 1.82) is 0 Å². The minimum atomic E-state index is -0.0330. The summed E-state index contributed by atoms with van der Waals surface area (Å²) in [6, 6.07) is 12.9. The molecule has 0 N–H and O–H groups in total. The van der Waals surface area contributed by atoms with Crippen LogP contribution in [0.4, 0.5) is 5.69 Å². The van der Waals surface area contributed by atoms with Gasteiger partial charge in [0.05, 0.1) is 23.4 Å². The summed E-state index contributed by atoms with van der Waals surface area (Å²) in [5.41, 5.74) is 3.04. The fourth-order valence-corrected chi connectivity index (χ4v) is 3.80. The topological polar surface area (TPSA) is 42.4 Å². The Balaban J connectivity index is 1.82. The Kier molecular flexibility index (Phi) is 4.99. The number of halogens is 1. The molecule has 0 radical (unpaired) electrons. The molecule has 0 unspecified atom stereocenters. The summed E-state index contributed by atoms with van der Waals surface area (Å²) in [6.07, 6.45) is 3.95. The lowest BCUT2D eigenvalue weighted by molar-refractivity contribution is 0.103. The third kappa shape index (κ3) is 3.50. The van der Waals surface area contributed by atoms with Crippen molar-refractivity contribution in [1.82, 2.24) is 4.98 Å². The number of fused-ring (bicyclic) bond motifs is 1. The molecular weight excluding hydrogens is 360 g/mol. The Bertz CT molecular complexity index is 980. The van der Waals surface area contributed by atoms with Crippen LogP contribution in [0, 0.1) is 0 Å². The Morgan fingerprint density at radius 2 is 1.89 bits per heavy atom. The molecule has 4 rings (SSSR count). The minimum Gasteiger partial charge on any atom is -0.494 e. The number of hydrogen-bond acceptors (Lipinski definition) is 4. The molecule has 1 saturated heterocycles. The van der Waals surface area contributed by atoms with Gasteiger partial charge in [0, 0.05) is 35.3 Å². The molecule has 138 valence electrons. The summed E-state index contributed by atoms with van der Waals surface area (Å²) in [6.45, 7) is 4.42. The molecule has 1 aliphatic heterocycles. The number of rotatable bonds is 5. The number of ether oxygens (including phenoxy) is 1. The van der Waals surface area contributed by atoms with Crippen molar-refractivity contribution in [2.75, 3.05) is 24.6 Å². The zero-order valence-corrected chi connectivity index (χ0v) is 16.0. The average Bonchev–Trinajstić information content (AvgIpc) is 3.21. The lowest BCUT2D eigenvalue weighted by Gasteiger charge is -2.23. The van der Waals surface area contributed by atoms with Crippen LogP contribution in [0.3, 0.4) is 0 Å². The van der Waals surface area contributed by atoms with E-state index in [1.165, 1.54) is 0 Å². The molecule has 0 atom stereocenters. The Hall–Kier alpha value is -2.59. The quantitative estimate of drug-likeness (QED) is 0.576. The highest BCUT2D eigenvalue weighted by molar-refractivity contribution is 6.31. The van der Waals surface area contributed by atoms with Crippen LogP contribution >= 0.6 is 11.6 Å². The maximum Gasteiger partial charge on any atom is 0.196 e. The van der Waals surface area contributed by atoms with Gasteiger partial charge in [-0.3, -0.25) is 9.78 Å². The Morgan fingerprint density at radius 3 is 2.59 bits per heavy atom. The van der Waals surface area contributed by atoms with E-state index < -0.39 is 0 Å². The highest BCUT2D eigenvalue weighted by Gasteiger charge is 2.23.